The smallest absolute Gasteiger partial charge is 0.253 e. The Hall–Kier alpha value is -0.470. The molecule has 2 fully saturated rings. The molecule has 2 heterocycles. The van der Waals surface area contributed by atoms with Gasteiger partial charge in [0, 0.05) is 19.1 Å². The van der Waals surface area contributed by atoms with Crippen molar-refractivity contribution >= 4 is 21.4 Å². The summed E-state index contributed by atoms with van der Waals surface area (Å²) >= 11 is 1.31. The van der Waals surface area contributed by atoms with Gasteiger partial charge in [0.25, 0.3) is 10.0 Å². The van der Waals surface area contributed by atoms with Gasteiger partial charge in [-0.1, -0.05) is 0 Å². The minimum absolute atomic E-state index is 0.420. The Morgan fingerprint density at radius 1 is 1.48 bits per heavy atom. The maximum Gasteiger partial charge on any atom is 0.253 e. The average Bonchev–Trinajstić information content (AvgIpc) is 3.11. The van der Waals surface area contributed by atoms with Gasteiger partial charge >= 0.3 is 0 Å². The number of nitrogens with zero attached hydrogens (tertiary/aromatic N) is 1. The number of thiophene rings is 1. The monoisotopic (exact) mass is 330 g/mol. The summed E-state index contributed by atoms with van der Waals surface area (Å²) < 4.78 is 33.1. The van der Waals surface area contributed by atoms with Crippen molar-refractivity contribution in [1.82, 2.24) is 9.62 Å². The molecule has 1 N–H and O–H groups in total. The summed E-state index contributed by atoms with van der Waals surface area (Å²) in [7, 11) is -3.43. The van der Waals surface area contributed by atoms with Crippen molar-refractivity contribution in [3.63, 3.8) is 0 Å². The molecule has 0 aromatic carbocycles. The van der Waals surface area contributed by atoms with Crippen LogP contribution in [0.4, 0.5) is 0 Å². The second kappa shape index (κ2) is 5.62. The second-order valence-corrected chi connectivity index (χ2v) is 9.37. The second-order valence-electron chi connectivity index (χ2n) is 6.37. The van der Waals surface area contributed by atoms with Gasteiger partial charge in [-0.3, -0.25) is 0 Å². The van der Waals surface area contributed by atoms with E-state index in [2.05, 4.69) is 5.32 Å². The van der Waals surface area contributed by atoms with Crippen LogP contribution in [0, 0.1) is 0 Å². The molecule has 1 saturated carbocycles. The van der Waals surface area contributed by atoms with E-state index in [9.17, 15) is 8.42 Å². The van der Waals surface area contributed by atoms with Gasteiger partial charge in [-0.25, -0.2) is 8.42 Å². The third-order valence-corrected chi connectivity index (χ3v) is 7.49. The number of ether oxygens (including phenoxy) is 1. The summed E-state index contributed by atoms with van der Waals surface area (Å²) in [4.78, 5) is 0. The summed E-state index contributed by atoms with van der Waals surface area (Å²) in [5, 5.41) is 5.35. The third kappa shape index (κ3) is 3.32. The van der Waals surface area contributed by atoms with Crippen LogP contribution in [0.5, 0.6) is 0 Å². The van der Waals surface area contributed by atoms with Crippen LogP contribution < -0.4 is 5.32 Å². The van der Waals surface area contributed by atoms with Gasteiger partial charge in [0.2, 0.25) is 0 Å². The molecule has 5 nitrogen and oxygen atoms in total. The molecule has 0 radical (unpaired) electrons. The van der Waals surface area contributed by atoms with E-state index in [4.69, 9.17) is 4.74 Å². The van der Waals surface area contributed by atoms with Gasteiger partial charge < -0.3 is 10.1 Å². The number of rotatable bonds is 5. The van der Waals surface area contributed by atoms with Crippen LogP contribution in [0.2, 0.25) is 0 Å². The van der Waals surface area contributed by atoms with Gasteiger partial charge in [0.1, 0.15) is 4.21 Å². The van der Waals surface area contributed by atoms with E-state index >= 15 is 0 Å². The number of sulfonamides is 1. The van der Waals surface area contributed by atoms with Crippen molar-refractivity contribution < 1.29 is 13.2 Å². The lowest BCUT2D eigenvalue weighted by atomic mass is 10.1. The topological polar surface area (TPSA) is 58.6 Å². The van der Waals surface area contributed by atoms with Gasteiger partial charge in [-0.05, 0) is 43.7 Å². The molecule has 0 spiro atoms. The third-order valence-electron chi connectivity index (χ3n) is 3.92. The molecule has 1 aromatic heterocycles. The van der Waals surface area contributed by atoms with Crippen LogP contribution in [-0.2, 0) is 21.3 Å². The SMILES string of the molecule is CC1(C)COCCN1S(=O)(=O)c1cc(CNC2CC2)cs1. The molecule has 21 heavy (non-hydrogen) atoms. The molecular formula is C14H22N2O3S2. The van der Waals surface area contributed by atoms with E-state index in [0.717, 1.165) is 12.1 Å². The largest absolute Gasteiger partial charge is 0.378 e. The first-order valence-electron chi connectivity index (χ1n) is 7.31. The average molecular weight is 330 g/mol. The molecule has 0 bridgehead atoms. The molecular weight excluding hydrogens is 308 g/mol. The van der Waals surface area contributed by atoms with Crippen LogP contribution >= 0.6 is 11.3 Å². The zero-order valence-electron chi connectivity index (χ0n) is 12.5. The Morgan fingerprint density at radius 3 is 2.90 bits per heavy atom. The highest BCUT2D eigenvalue weighted by Crippen LogP contribution is 2.31. The van der Waals surface area contributed by atoms with Crippen LogP contribution in [0.1, 0.15) is 32.3 Å². The summed E-state index contributed by atoms with van der Waals surface area (Å²) in [6.07, 6.45) is 2.47. The lowest BCUT2D eigenvalue weighted by Gasteiger charge is -2.40. The summed E-state index contributed by atoms with van der Waals surface area (Å²) in [6, 6.07) is 2.43. The molecule has 0 atom stereocenters. The molecule has 7 heteroatoms. The van der Waals surface area contributed by atoms with E-state index in [0.29, 0.717) is 30.0 Å². The van der Waals surface area contributed by atoms with Crippen molar-refractivity contribution in [1.29, 1.82) is 0 Å². The van der Waals surface area contributed by atoms with Crippen molar-refractivity contribution in [2.45, 2.75) is 49.0 Å². The first-order valence-corrected chi connectivity index (χ1v) is 9.63. The molecule has 0 unspecified atom stereocenters. The molecule has 2 aliphatic rings. The maximum absolute atomic E-state index is 12.8. The van der Waals surface area contributed by atoms with Gasteiger partial charge in [0.15, 0.2) is 0 Å². The number of morpholine rings is 1. The van der Waals surface area contributed by atoms with E-state index < -0.39 is 15.6 Å². The number of hydrogen-bond donors (Lipinski definition) is 1. The Bertz CT molecular complexity index is 605. The van der Waals surface area contributed by atoms with Crippen LogP contribution in [-0.4, -0.2) is 44.1 Å². The first kappa shape index (κ1) is 15.4. The highest BCUT2D eigenvalue weighted by atomic mass is 32.2. The van der Waals surface area contributed by atoms with Gasteiger partial charge in [-0.15, -0.1) is 11.3 Å². The maximum atomic E-state index is 12.8. The lowest BCUT2D eigenvalue weighted by molar-refractivity contribution is -0.00761. The van der Waals surface area contributed by atoms with Gasteiger partial charge in [0.05, 0.1) is 18.8 Å². The number of nitrogens with one attached hydrogen (secondary N) is 1. The van der Waals surface area contributed by atoms with Crippen molar-refractivity contribution in [2.24, 2.45) is 0 Å². The summed E-state index contributed by atoms with van der Waals surface area (Å²) in [5.74, 6) is 0. The fourth-order valence-electron chi connectivity index (χ4n) is 2.53. The lowest BCUT2D eigenvalue weighted by Crippen LogP contribution is -2.55. The Labute approximate surface area is 130 Å². The minimum atomic E-state index is -3.43. The van der Waals surface area contributed by atoms with E-state index in [1.807, 2.05) is 19.2 Å². The van der Waals surface area contributed by atoms with Crippen molar-refractivity contribution in [2.75, 3.05) is 19.8 Å². The highest BCUT2D eigenvalue weighted by Gasteiger charge is 2.40. The summed E-state index contributed by atoms with van der Waals surface area (Å²) in [5.41, 5.74) is 0.560. The quantitative estimate of drug-likeness (QED) is 0.894. The van der Waals surface area contributed by atoms with Gasteiger partial charge in [-0.2, -0.15) is 4.31 Å². The van der Waals surface area contributed by atoms with Crippen LogP contribution in [0.3, 0.4) is 0 Å². The van der Waals surface area contributed by atoms with E-state index in [1.54, 1.807) is 10.4 Å². The highest BCUT2D eigenvalue weighted by molar-refractivity contribution is 7.91. The minimum Gasteiger partial charge on any atom is -0.378 e. The van der Waals surface area contributed by atoms with E-state index in [1.165, 1.54) is 24.2 Å². The Morgan fingerprint density at radius 2 is 2.24 bits per heavy atom. The van der Waals surface area contributed by atoms with Crippen LogP contribution in [0.15, 0.2) is 15.7 Å². The van der Waals surface area contributed by atoms with Crippen LogP contribution in [0.25, 0.3) is 0 Å². The predicted molar refractivity (Wildman–Crippen MR) is 83.0 cm³/mol. The molecule has 1 aromatic rings. The molecule has 1 aliphatic heterocycles. The molecule has 1 aliphatic carbocycles. The first-order chi connectivity index (χ1) is 9.89. The number of hydrogen-bond acceptors (Lipinski definition) is 5. The van der Waals surface area contributed by atoms with E-state index in [-0.39, 0.29) is 0 Å². The van der Waals surface area contributed by atoms with Crippen molar-refractivity contribution in [3.8, 4) is 0 Å². The Balaban J connectivity index is 1.77. The molecule has 3 rings (SSSR count). The van der Waals surface area contributed by atoms with Crippen molar-refractivity contribution in [3.05, 3.63) is 17.0 Å². The fourth-order valence-corrected chi connectivity index (χ4v) is 5.60. The Kier molecular flexibility index (Phi) is 4.13. The molecule has 1 saturated heterocycles. The molecule has 0 amide bonds. The predicted octanol–water partition coefficient (Wildman–Crippen LogP) is 1.80. The summed E-state index contributed by atoms with van der Waals surface area (Å²) in [6.45, 7) is 5.89. The zero-order valence-corrected chi connectivity index (χ0v) is 14.1. The normalized spacial score (nSPS) is 23.3. The molecule has 118 valence electrons. The fraction of sp³-hybridized carbons (Fsp3) is 0.714. The zero-order chi connectivity index (χ0) is 15.1. The standard InChI is InChI=1S/C14H22N2O3S2/c1-14(2)10-19-6-5-16(14)21(17,18)13-7-11(9-20-13)8-15-12-3-4-12/h7,9,12,15H,3-6,8,10H2,1-2H3.